The SMILES string of the molecule is O=C(O)CN1CCC[C@]2(C(=O)O)CN(Cc3ccncc3)CC[C@@H]12. The van der Waals surface area contributed by atoms with E-state index in [0.717, 1.165) is 18.5 Å². The van der Waals surface area contributed by atoms with Crippen LogP contribution in [0, 0.1) is 5.41 Å². The Morgan fingerprint density at radius 1 is 1.25 bits per heavy atom. The number of aromatic nitrogens is 1. The van der Waals surface area contributed by atoms with Crippen molar-refractivity contribution in [3.63, 3.8) is 0 Å². The molecule has 7 heteroatoms. The third-order valence-electron chi connectivity index (χ3n) is 5.29. The predicted molar refractivity (Wildman–Crippen MR) is 86.4 cm³/mol. The highest BCUT2D eigenvalue weighted by atomic mass is 16.4. The molecular formula is C17H23N3O4. The van der Waals surface area contributed by atoms with Gasteiger partial charge in [0.15, 0.2) is 0 Å². The standard InChI is InChI=1S/C17H23N3O4/c21-15(22)11-20-8-1-5-17(16(23)24)12-19(9-4-14(17)20)10-13-2-6-18-7-3-13/h2-3,6-7,14H,1,4-5,8-12H2,(H,21,22)(H,23,24)/t14-,17+/m1/s1. The molecule has 2 atom stereocenters. The Kier molecular flexibility index (Phi) is 4.82. The second-order valence-corrected chi connectivity index (χ2v) is 6.80. The molecule has 24 heavy (non-hydrogen) atoms. The lowest BCUT2D eigenvalue weighted by Crippen LogP contribution is -2.64. The van der Waals surface area contributed by atoms with Crippen molar-refractivity contribution in [3.8, 4) is 0 Å². The Hall–Kier alpha value is -1.99. The number of rotatable bonds is 5. The lowest BCUT2D eigenvalue weighted by molar-refractivity contribution is -0.166. The van der Waals surface area contributed by atoms with E-state index in [2.05, 4.69) is 9.88 Å². The van der Waals surface area contributed by atoms with Crippen LogP contribution in [-0.4, -0.2) is 69.2 Å². The highest BCUT2D eigenvalue weighted by Crippen LogP contribution is 2.42. The number of carboxylic acid groups (broad SMARTS) is 2. The quantitative estimate of drug-likeness (QED) is 0.827. The molecule has 0 spiro atoms. The third-order valence-corrected chi connectivity index (χ3v) is 5.29. The number of hydrogen-bond donors (Lipinski definition) is 2. The number of hydrogen-bond acceptors (Lipinski definition) is 5. The monoisotopic (exact) mass is 333 g/mol. The van der Waals surface area contributed by atoms with Crippen molar-refractivity contribution in [3.05, 3.63) is 30.1 Å². The van der Waals surface area contributed by atoms with Gasteiger partial charge < -0.3 is 10.2 Å². The Morgan fingerprint density at radius 2 is 2.00 bits per heavy atom. The summed E-state index contributed by atoms with van der Waals surface area (Å²) in [5, 5.41) is 19.1. The van der Waals surface area contributed by atoms with Crippen molar-refractivity contribution >= 4 is 11.9 Å². The minimum Gasteiger partial charge on any atom is -0.481 e. The van der Waals surface area contributed by atoms with Gasteiger partial charge in [-0.1, -0.05) is 0 Å². The molecule has 0 aromatic carbocycles. The zero-order valence-corrected chi connectivity index (χ0v) is 13.6. The van der Waals surface area contributed by atoms with Crippen LogP contribution in [0.5, 0.6) is 0 Å². The first-order valence-electron chi connectivity index (χ1n) is 8.32. The summed E-state index contributed by atoms with van der Waals surface area (Å²) in [7, 11) is 0. The van der Waals surface area contributed by atoms with Gasteiger partial charge in [-0.3, -0.25) is 24.4 Å². The zero-order valence-electron chi connectivity index (χ0n) is 13.6. The maximum atomic E-state index is 12.1. The minimum absolute atomic E-state index is 0.0793. The number of likely N-dealkylation sites (tertiary alicyclic amines) is 2. The van der Waals surface area contributed by atoms with Crippen molar-refractivity contribution in [2.24, 2.45) is 5.41 Å². The fourth-order valence-corrected chi connectivity index (χ4v) is 4.26. The Morgan fingerprint density at radius 3 is 2.67 bits per heavy atom. The maximum absolute atomic E-state index is 12.1. The lowest BCUT2D eigenvalue weighted by atomic mass is 9.69. The number of pyridine rings is 1. The van der Waals surface area contributed by atoms with Crippen LogP contribution < -0.4 is 0 Å². The normalized spacial score (nSPS) is 28.2. The van der Waals surface area contributed by atoms with Crippen LogP contribution in [0.2, 0.25) is 0 Å². The van der Waals surface area contributed by atoms with Gasteiger partial charge in [-0.15, -0.1) is 0 Å². The van der Waals surface area contributed by atoms with Gasteiger partial charge in [-0.25, -0.2) is 0 Å². The van der Waals surface area contributed by atoms with E-state index < -0.39 is 17.4 Å². The van der Waals surface area contributed by atoms with Crippen LogP contribution in [0.1, 0.15) is 24.8 Å². The summed E-state index contributed by atoms with van der Waals surface area (Å²) < 4.78 is 0. The van der Waals surface area contributed by atoms with Gasteiger partial charge in [0, 0.05) is 38.1 Å². The number of carbonyl (C=O) groups is 2. The van der Waals surface area contributed by atoms with Crippen molar-refractivity contribution in [1.82, 2.24) is 14.8 Å². The number of nitrogens with zero attached hydrogens (tertiary/aromatic N) is 3. The number of aliphatic carboxylic acids is 2. The molecule has 3 rings (SSSR count). The fourth-order valence-electron chi connectivity index (χ4n) is 4.26. The van der Waals surface area contributed by atoms with Gasteiger partial charge in [-0.2, -0.15) is 0 Å². The molecule has 2 N–H and O–H groups in total. The van der Waals surface area contributed by atoms with Crippen molar-refractivity contribution in [2.75, 3.05) is 26.2 Å². The Bertz CT molecular complexity index is 609. The Labute approximate surface area is 140 Å². The largest absolute Gasteiger partial charge is 0.481 e. The van der Waals surface area contributed by atoms with E-state index in [4.69, 9.17) is 5.11 Å². The average Bonchev–Trinajstić information content (AvgIpc) is 2.55. The average molecular weight is 333 g/mol. The fraction of sp³-hybridized carbons (Fsp3) is 0.588. The molecule has 1 aromatic rings. The van der Waals surface area contributed by atoms with Crippen LogP contribution >= 0.6 is 0 Å². The van der Waals surface area contributed by atoms with Crippen LogP contribution in [0.15, 0.2) is 24.5 Å². The van der Waals surface area contributed by atoms with E-state index in [1.54, 1.807) is 12.4 Å². The van der Waals surface area contributed by atoms with Crippen LogP contribution in [0.4, 0.5) is 0 Å². The molecule has 2 aliphatic heterocycles. The second-order valence-electron chi connectivity index (χ2n) is 6.80. The molecule has 0 saturated carbocycles. The topological polar surface area (TPSA) is 94.0 Å². The summed E-state index contributed by atoms with van der Waals surface area (Å²) in [6, 6.07) is 3.68. The number of carboxylic acids is 2. The summed E-state index contributed by atoms with van der Waals surface area (Å²) >= 11 is 0. The first kappa shape index (κ1) is 16.9. The smallest absolute Gasteiger partial charge is 0.317 e. The first-order chi connectivity index (χ1) is 11.5. The molecule has 0 aliphatic carbocycles. The van der Waals surface area contributed by atoms with Crippen LogP contribution in [0.3, 0.4) is 0 Å². The molecule has 1 aromatic heterocycles. The van der Waals surface area contributed by atoms with E-state index in [0.29, 0.717) is 32.5 Å². The molecule has 0 unspecified atom stereocenters. The minimum atomic E-state index is -0.893. The molecule has 2 aliphatic rings. The maximum Gasteiger partial charge on any atom is 0.317 e. The first-order valence-corrected chi connectivity index (χ1v) is 8.32. The molecule has 0 radical (unpaired) electrons. The highest BCUT2D eigenvalue weighted by molar-refractivity contribution is 5.77. The summed E-state index contributed by atoms with van der Waals surface area (Å²) in [5.74, 6) is -1.70. The van der Waals surface area contributed by atoms with E-state index in [1.165, 1.54) is 0 Å². The summed E-state index contributed by atoms with van der Waals surface area (Å²) in [4.78, 5) is 31.3. The van der Waals surface area contributed by atoms with Gasteiger partial charge >= 0.3 is 11.9 Å². The third kappa shape index (κ3) is 3.27. The molecule has 7 nitrogen and oxygen atoms in total. The Balaban J connectivity index is 1.78. The second kappa shape index (κ2) is 6.86. The number of piperidine rings is 2. The summed E-state index contributed by atoms with van der Waals surface area (Å²) in [5.41, 5.74) is 0.237. The van der Waals surface area contributed by atoms with E-state index >= 15 is 0 Å². The molecular weight excluding hydrogens is 310 g/mol. The molecule has 3 heterocycles. The lowest BCUT2D eigenvalue weighted by Gasteiger charge is -2.52. The molecule has 2 saturated heterocycles. The molecule has 130 valence electrons. The highest BCUT2D eigenvalue weighted by Gasteiger charge is 2.53. The zero-order chi connectivity index (χ0) is 17.2. The molecule has 2 fully saturated rings. The van der Waals surface area contributed by atoms with Gasteiger partial charge in [0.1, 0.15) is 0 Å². The molecule has 0 amide bonds. The van der Waals surface area contributed by atoms with Crippen LogP contribution in [-0.2, 0) is 16.1 Å². The van der Waals surface area contributed by atoms with E-state index in [1.807, 2.05) is 17.0 Å². The van der Waals surface area contributed by atoms with E-state index in [-0.39, 0.29) is 12.6 Å². The van der Waals surface area contributed by atoms with Crippen molar-refractivity contribution in [1.29, 1.82) is 0 Å². The van der Waals surface area contributed by atoms with Crippen molar-refractivity contribution < 1.29 is 19.8 Å². The number of fused-ring (bicyclic) bond motifs is 1. The van der Waals surface area contributed by atoms with Crippen molar-refractivity contribution in [2.45, 2.75) is 31.8 Å². The molecule has 0 bridgehead atoms. The van der Waals surface area contributed by atoms with Gasteiger partial charge in [0.05, 0.1) is 12.0 Å². The van der Waals surface area contributed by atoms with Gasteiger partial charge in [0.2, 0.25) is 0 Å². The van der Waals surface area contributed by atoms with Crippen LogP contribution in [0.25, 0.3) is 0 Å². The summed E-state index contributed by atoms with van der Waals surface area (Å²) in [6.45, 7) is 2.52. The summed E-state index contributed by atoms with van der Waals surface area (Å²) in [6.07, 6.45) is 5.49. The predicted octanol–water partition coefficient (Wildman–Crippen LogP) is 0.907. The van der Waals surface area contributed by atoms with Gasteiger partial charge in [-0.05, 0) is 43.5 Å². The van der Waals surface area contributed by atoms with E-state index in [9.17, 15) is 14.7 Å². The van der Waals surface area contributed by atoms with Gasteiger partial charge in [0.25, 0.3) is 0 Å².